The fraction of sp³-hybridized carbons (Fsp3) is 0.136. The molecule has 140 valence electrons. The van der Waals surface area contributed by atoms with E-state index in [9.17, 15) is 4.79 Å². The molecule has 0 fully saturated rings. The summed E-state index contributed by atoms with van der Waals surface area (Å²) in [6, 6.07) is 20.1. The highest BCUT2D eigenvalue weighted by molar-refractivity contribution is 7.14. The number of nitrogens with zero attached hydrogens (tertiary/aromatic N) is 3. The van der Waals surface area contributed by atoms with Crippen LogP contribution in [0.4, 0.5) is 10.8 Å². The van der Waals surface area contributed by atoms with E-state index in [1.165, 1.54) is 11.3 Å². The lowest BCUT2D eigenvalue weighted by molar-refractivity contribution is 0.0791. The van der Waals surface area contributed by atoms with Crippen LogP contribution in [0.3, 0.4) is 0 Å². The molecule has 0 saturated carbocycles. The smallest absolute Gasteiger partial charge is 0.273 e. The van der Waals surface area contributed by atoms with E-state index in [4.69, 9.17) is 0 Å². The van der Waals surface area contributed by atoms with Gasteiger partial charge < -0.3 is 10.2 Å². The van der Waals surface area contributed by atoms with Crippen LogP contribution in [0.5, 0.6) is 0 Å². The zero-order valence-corrected chi connectivity index (χ0v) is 16.3. The SMILES string of the molecule is CN(CCc1ccccn1)C(=O)c1csc(Nc2cccc3ccccc23)n1. The summed E-state index contributed by atoms with van der Waals surface area (Å²) in [5.41, 5.74) is 2.41. The number of rotatable bonds is 6. The Morgan fingerprint density at radius 3 is 2.75 bits per heavy atom. The number of carbonyl (C=O) groups excluding carboxylic acids is 1. The van der Waals surface area contributed by atoms with Crippen molar-refractivity contribution in [3.8, 4) is 0 Å². The Labute approximate surface area is 167 Å². The van der Waals surface area contributed by atoms with Gasteiger partial charge in [0.1, 0.15) is 5.69 Å². The fourth-order valence-electron chi connectivity index (χ4n) is 3.00. The molecule has 0 saturated heterocycles. The van der Waals surface area contributed by atoms with Crippen molar-refractivity contribution in [2.75, 3.05) is 18.9 Å². The van der Waals surface area contributed by atoms with Crippen molar-refractivity contribution < 1.29 is 4.79 Å². The standard InChI is InChI=1S/C22H20N4OS/c1-26(14-12-17-9-4-5-13-23-17)21(27)20-15-28-22(25-20)24-19-11-6-8-16-7-2-3-10-18(16)19/h2-11,13,15H,12,14H2,1H3,(H,24,25). The summed E-state index contributed by atoms with van der Waals surface area (Å²) >= 11 is 1.43. The van der Waals surface area contributed by atoms with Gasteiger partial charge in [-0.2, -0.15) is 0 Å². The summed E-state index contributed by atoms with van der Waals surface area (Å²) in [7, 11) is 1.79. The van der Waals surface area contributed by atoms with E-state index < -0.39 is 0 Å². The van der Waals surface area contributed by atoms with E-state index in [1.54, 1.807) is 23.5 Å². The van der Waals surface area contributed by atoms with Crippen molar-refractivity contribution in [2.24, 2.45) is 0 Å². The number of benzene rings is 2. The molecule has 0 radical (unpaired) electrons. The highest BCUT2D eigenvalue weighted by Gasteiger charge is 2.16. The summed E-state index contributed by atoms with van der Waals surface area (Å²) in [6.45, 7) is 0.597. The summed E-state index contributed by atoms with van der Waals surface area (Å²) in [4.78, 5) is 23.1. The van der Waals surface area contributed by atoms with Crippen LogP contribution in [0, 0.1) is 0 Å². The minimum absolute atomic E-state index is 0.0850. The third-order valence-corrected chi connectivity index (χ3v) is 5.29. The number of carbonyl (C=O) groups is 1. The van der Waals surface area contributed by atoms with Crippen LogP contribution in [0.25, 0.3) is 10.8 Å². The van der Waals surface area contributed by atoms with Gasteiger partial charge in [0, 0.05) is 48.4 Å². The maximum absolute atomic E-state index is 12.7. The summed E-state index contributed by atoms with van der Waals surface area (Å²) < 4.78 is 0. The van der Waals surface area contributed by atoms with Crippen LogP contribution in [0.15, 0.2) is 72.2 Å². The van der Waals surface area contributed by atoms with Gasteiger partial charge in [0.05, 0.1) is 0 Å². The Hall–Kier alpha value is -3.25. The van der Waals surface area contributed by atoms with Crippen LogP contribution in [0.1, 0.15) is 16.2 Å². The second-order valence-electron chi connectivity index (χ2n) is 6.49. The number of nitrogens with one attached hydrogen (secondary N) is 1. The number of likely N-dealkylation sites (N-methyl/N-ethyl adjacent to an activating group) is 1. The van der Waals surface area contributed by atoms with E-state index in [0.29, 0.717) is 23.8 Å². The molecule has 1 amide bonds. The number of hydrogen-bond acceptors (Lipinski definition) is 5. The Morgan fingerprint density at radius 1 is 1.07 bits per heavy atom. The molecular formula is C22H20N4OS. The van der Waals surface area contributed by atoms with Gasteiger partial charge >= 0.3 is 0 Å². The molecular weight excluding hydrogens is 368 g/mol. The first-order chi connectivity index (χ1) is 13.7. The molecule has 0 bridgehead atoms. The number of pyridine rings is 1. The van der Waals surface area contributed by atoms with Crippen LogP contribution in [0.2, 0.25) is 0 Å². The van der Waals surface area contributed by atoms with Gasteiger partial charge in [0.2, 0.25) is 0 Å². The van der Waals surface area contributed by atoms with Crippen LogP contribution in [-0.4, -0.2) is 34.4 Å². The molecule has 1 N–H and O–H groups in total. The predicted molar refractivity (Wildman–Crippen MR) is 114 cm³/mol. The van der Waals surface area contributed by atoms with Gasteiger partial charge in [-0.05, 0) is 23.6 Å². The Morgan fingerprint density at radius 2 is 1.89 bits per heavy atom. The molecule has 2 heterocycles. The molecule has 6 heteroatoms. The summed E-state index contributed by atoms with van der Waals surface area (Å²) in [5.74, 6) is -0.0850. The number of hydrogen-bond donors (Lipinski definition) is 1. The number of fused-ring (bicyclic) bond motifs is 1. The molecule has 0 unspecified atom stereocenters. The third-order valence-electron chi connectivity index (χ3n) is 4.53. The monoisotopic (exact) mass is 388 g/mol. The number of amides is 1. The summed E-state index contributed by atoms with van der Waals surface area (Å²) in [5, 5.41) is 8.14. The molecule has 5 nitrogen and oxygen atoms in total. The number of aromatic nitrogens is 2. The van der Waals surface area contributed by atoms with Crippen molar-refractivity contribution in [1.29, 1.82) is 0 Å². The molecule has 28 heavy (non-hydrogen) atoms. The average Bonchev–Trinajstić information content (AvgIpc) is 3.21. The van der Waals surface area contributed by atoms with Crippen LogP contribution < -0.4 is 5.32 Å². The lowest BCUT2D eigenvalue weighted by atomic mass is 10.1. The largest absolute Gasteiger partial charge is 0.340 e. The quantitative estimate of drug-likeness (QED) is 0.518. The highest BCUT2D eigenvalue weighted by Crippen LogP contribution is 2.28. The topological polar surface area (TPSA) is 58.1 Å². The Kier molecular flexibility index (Phi) is 5.30. The molecule has 2 aromatic carbocycles. The maximum Gasteiger partial charge on any atom is 0.273 e. The van der Waals surface area contributed by atoms with E-state index in [-0.39, 0.29) is 5.91 Å². The van der Waals surface area contributed by atoms with Crippen molar-refractivity contribution >= 4 is 38.8 Å². The van der Waals surface area contributed by atoms with Gasteiger partial charge in [-0.25, -0.2) is 4.98 Å². The van der Waals surface area contributed by atoms with Crippen molar-refractivity contribution in [3.05, 3.63) is 83.6 Å². The second kappa shape index (κ2) is 8.19. The zero-order valence-electron chi connectivity index (χ0n) is 15.5. The second-order valence-corrected chi connectivity index (χ2v) is 7.35. The van der Waals surface area contributed by atoms with E-state index >= 15 is 0 Å². The molecule has 2 aromatic heterocycles. The Balaban J connectivity index is 1.44. The van der Waals surface area contributed by atoms with Crippen molar-refractivity contribution in [3.63, 3.8) is 0 Å². The first-order valence-electron chi connectivity index (χ1n) is 9.06. The first-order valence-corrected chi connectivity index (χ1v) is 9.94. The third kappa shape index (κ3) is 4.02. The molecule has 0 aliphatic carbocycles. The van der Waals surface area contributed by atoms with E-state index in [2.05, 4.69) is 33.5 Å². The van der Waals surface area contributed by atoms with Crippen molar-refractivity contribution in [2.45, 2.75) is 6.42 Å². The maximum atomic E-state index is 12.7. The van der Waals surface area contributed by atoms with Crippen LogP contribution >= 0.6 is 11.3 Å². The van der Waals surface area contributed by atoms with E-state index in [1.807, 2.05) is 42.5 Å². The molecule has 0 aliphatic heterocycles. The molecule has 4 aromatic rings. The normalized spacial score (nSPS) is 10.8. The van der Waals surface area contributed by atoms with Gasteiger partial charge in [-0.3, -0.25) is 9.78 Å². The van der Waals surface area contributed by atoms with Gasteiger partial charge in [0.15, 0.2) is 5.13 Å². The van der Waals surface area contributed by atoms with Gasteiger partial charge in [-0.1, -0.05) is 42.5 Å². The van der Waals surface area contributed by atoms with Crippen molar-refractivity contribution in [1.82, 2.24) is 14.9 Å². The lowest BCUT2D eigenvalue weighted by Crippen LogP contribution is -2.29. The first kappa shape index (κ1) is 18.1. The average molecular weight is 388 g/mol. The van der Waals surface area contributed by atoms with Gasteiger partial charge in [-0.15, -0.1) is 11.3 Å². The summed E-state index contributed by atoms with van der Waals surface area (Å²) in [6.07, 6.45) is 2.48. The van der Waals surface area contributed by atoms with E-state index in [0.717, 1.165) is 22.2 Å². The predicted octanol–water partition coefficient (Wildman–Crippen LogP) is 4.75. The number of anilines is 2. The molecule has 4 rings (SSSR count). The molecule has 0 aliphatic rings. The fourth-order valence-corrected chi connectivity index (χ4v) is 3.70. The lowest BCUT2D eigenvalue weighted by Gasteiger charge is -2.15. The molecule has 0 spiro atoms. The van der Waals surface area contributed by atoms with Crippen LogP contribution in [-0.2, 0) is 6.42 Å². The number of thiazole rings is 1. The highest BCUT2D eigenvalue weighted by atomic mass is 32.1. The van der Waals surface area contributed by atoms with Gasteiger partial charge in [0.25, 0.3) is 5.91 Å². The minimum Gasteiger partial charge on any atom is -0.340 e. The minimum atomic E-state index is -0.0850. The molecule has 0 atom stereocenters. The Bertz CT molecular complexity index is 1090. The zero-order chi connectivity index (χ0) is 19.3.